The van der Waals surface area contributed by atoms with Crippen LogP contribution < -0.4 is 19.6 Å². The van der Waals surface area contributed by atoms with Crippen molar-refractivity contribution in [3.05, 3.63) is 117 Å². The molecule has 1 saturated carbocycles. The van der Waals surface area contributed by atoms with Crippen LogP contribution in [0.15, 0.2) is 90.5 Å². The minimum atomic E-state index is -1.71. The molecule has 6 unspecified atom stereocenters. The van der Waals surface area contributed by atoms with E-state index in [2.05, 4.69) is 5.43 Å². The molecule has 14 heteroatoms. The Balaban J connectivity index is 1.31. The predicted molar refractivity (Wildman–Crippen MR) is 210 cm³/mol. The number of phenols is 2. The first-order valence-electron chi connectivity index (χ1n) is 18.4. The number of nitrogens with one attached hydrogen (secondary N) is 1. The van der Waals surface area contributed by atoms with E-state index < -0.39 is 46.8 Å². The van der Waals surface area contributed by atoms with Crippen molar-refractivity contribution in [3.63, 3.8) is 0 Å². The van der Waals surface area contributed by atoms with E-state index in [1.807, 2.05) is 6.08 Å². The van der Waals surface area contributed by atoms with Crippen LogP contribution in [0.5, 0.6) is 28.7 Å². The standard InChI is InChI=1S/C43H39Cl2N3O9/c1-55-26-11-6-23(7-12-26)43-31(40(52)48(42(43)54)46-33-15-8-24(44)18-32(33)45)21-30-28(38(43)37-34(50)19-27(56-2)20-35(37)57-3)13-14-29-36(30)41(53)47(39(29)51)17-16-22-4-9-25(49)10-5-22/h4-13,15,18-20,29-31,36,38,46,49-50H,14,16-17,21H2,1-3H3. The van der Waals surface area contributed by atoms with E-state index in [1.54, 1.807) is 66.7 Å². The van der Waals surface area contributed by atoms with E-state index in [0.717, 1.165) is 10.6 Å². The number of carbonyl (C=O) groups excluding carboxylic acids is 4. The van der Waals surface area contributed by atoms with Crippen LogP contribution in [-0.2, 0) is 31.0 Å². The molecule has 294 valence electrons. The molecule has 57 heavy (non-hydrogen) atoms. The van der Waals surface area contributed by atoms with Gasteiger partial charge in [0.2, 0.25) is 11.8 Å². The second-order valence-corrected chi connectivity index (χ2v) is 15.6. The van der Waals surface area contributed by atoms with Crippen LogP contribution in [-0.4, -0.2) is 71.6 Å². The molecule has 4 aliphatic rings. The fourth-order valence-electron chi connectivity index (χ4n) is 9.51. The van der Waals surface area contributed by atoms with Gasteiger partial charge in [0.25, 0.3) is 11.8 Å². The summed E-state index contributed by atoms with van der Waals surface area (Å²) in [5.41, 5.74) is 3.68. The third kappa shape index (κ3) is 6.04. The molecule has 2 heterocycles. The molecule has 0 spiro atoms. The number of carbonyl (C=O) groups is 4. The molecule has 12 nitrogen and oxygen atoms in total. The van der Waals surface area contributed by atoms with Crippen molar-refractivity contribution < 1.29 is 43.6 Å². The third-order valence-corrected chi connectivity index (χ3v) is 12.6. The van der Waals surface area contributed by atoms with Crippen molar-refractivity contribution >= 4 is 52.5 Å². The Morgan fingerprint density at radius 2 is 1.53 bits per heavy atom. The summed E-state index contributed by atoms with van der Waals surface area (Å²) >= 11 is 12.8. The highest BCUT2D eigenvalue weighted by atomic mass is 35.5. The van der Waals surface area contributed by atoms with E-state index in [9.17, 15) is 19.8 Å². The fraction of sp³-hybridized carbons (Fsp3) is 0.302. The van der Waals surface area contributed by atoms with Gasteiger partial charge in [0.1, 0.15) is 28.7 Å². The molecule has 0 radical (unpaired) electrons. The van der Waals surface area contributed by atoms with Gasteiger partial charge in [0.05, 0.1) is 55.2 Å². The Hall–Kier alpha value is -5.72. The average molecular weight is 813 g/mol. The number of ether oxygens (including phenoxy) is 3. The third-order valence-electron chi connectivity index (χ3n) is 12.1. The molecule has 4 aromatic carbocycles. The van der Waals surface area contributed by atoms with Crippen LogP contribution in [0.4, 0.5) is 5.69 Å². The normalized spacial score (nSPS) is 25.1. The van der Waals surface area contributed by atoms with Gasteiger partial charge in [-0.05, 0) is 78.8 Å². The second-order valence-electron chi connectivity index (χ2n) is 14.7. The summed E-state index contributed by atoms with van der Waals surface area (Å²) in [7, 11) is 4.40. The lowest BCUT2D eigenvalue weighted by Gasteiger charge is -2.50. The van der Waals surface area contributed by atoms with Crippen molar-refractivity contribution in [3.8, 4) is 28.7 Å². The number of halogens is 2. The molecule has 0 aromatic heterocycles. The zero-order chi connectivity index (χ0) is 40.3. The molecule has 3 N–H and O–H groups in total. The summed E-state index contributed by atoms with van der Waals surface area (Å²) in [5.74, 6) is -5.39. The largest absolute Gasteiger partial charge is 0.508 e. The van der Waals surface area contributed by atoms with Gasteiger partial charge >= 0.3 is 0 Å². The first-order chi connectivity index (χ1) is 27.4. The summed E-state index contributed by atoms with van der Waals surface area (Å²) in [6.45, 7) is 0.129. The maximum absolute atomic E-state index is 15.6. The number of aromatic hydroxyl groups is 2. The molecule has 2 aliphatic heterocycles. The minimum Gasteiger partial charge on any atom is -0.508 e. The summed E-state index contributed by atoms with van der Waals surface area (Å²) in [6, 6.07) is 21.1. The van der Waals surface area contributed by atoms with E-state index >= 15 is 9.59 Å². The zero-order valence-corrected chi connectivity index (χ0v) is 32.7. The highest BCUT2D eigenvalue weighted by Gasteiger charge is 2.71. The number of methoxy groups -OCH3 is 3. The van der Waals surface area contributed by atoms with E-state index in [-0.39, 0.29) is 64.7 Å². The topological polar surface area (TPSA) is 155 Å². The summed E-state index contributed by atoms with van der Waals surface area (Å²) in [6.07, 6.45) is 2.52. The first-order valence-corrected chi connectivity index (χ1v) is 19.2. The van der Waals surface area contributed by atoms with Gasteiger partial charge in [0.15, 0.2) is 0 Å². The van der Waals surface area contributed by atoms with Crippen molar-refractivity contribution in [2.24, 2.45) is 23.7 Å². The number of nitrogens with zero attached hydrogens (tertiary/aromatic N) is 2. The maximum atomic E-state index is 15.6. The number of anilines is 1. The lowest BCUT2D eigenvalue weighted by Crippen LogP contribution is -2.53. The molecule has 8 rings (SSSR count). The quantitative estimate of drug-likeness (QED) is 0.117. The number of amides is 4. The fourth-order valence-corrected chi connectivity index (χ4v) is 9.96. The Morgan fingerprint density at radius 3 is 2.19 bits per heavy atom. The summed E-state index contributed by atoms with van der Waals surface area (Å²) < 4.78 is 16.9. The summed E-state index contributed by atoms with van der Waals surface area (Å²) in [5, 5.41) is 23.2. The number of phenolic OH excluding ortho intramolecular Hbond substituents is 2. The van der Waals surface area contributed by atoms with Crippen molar-refractivity contribution in [1.29, 1.82) is 0 Å². The van der Waals surface area contributed by atoms with E-state index in [0.29, 0.717) is 34.1 Å². The Labute approximate surface area is 338 Å². The van der Waals surface area contributed by atoms with Gasteiger partial charge in [0, 0.05) is 35.2 Å². The number of hydrogen-bond acceptors (Lipinski definition) is 10. The van der Waals surface area contributed by atoms with Crippen molar-refractivity contribution in [2.45, 2.75) is 30.6 Å². The van der Waals surface area contributed by atoms with Gasteiger partial charge in [-0.15, -0.1) is 0 Å². The number of fused-ring (bicyclic) bond motifs is 4. The number of allylic oxidation sites excluding steroid dienone is 2. The lowest BCUT2D eigenvalue weighted by molar-refractivity contribution is -0.141. The summed E-state index contributed by atoms with van der Waals surface area (Å²) in [4.78, 5) is 60.5. The van der Waals surface area contributed by atoms with Crippen LogP contribution in [0.2, 0.25) is 10.0 Å². The van der Waals surface area contributed by atoms with Gasteiger partial charge in [-0.2, -0.15) is 5.01 Å². The molecule has 3 fully saturated rings. The number of likely N-dealkylation sites (tertiary alicyclic amines) is 1. The molecule has 2 aliphatic carbocycles. The average Bonchev–Trinajstić information content (AvgIpc) is 3.58. The molecular formula is C43H39Cl2N3O9. The zero-order valence-electron chi connectivity index (χ0n) is 31.2. The Kier molecular flexibility index (Phi) is 9.81. The van der Waals surface area contributed by atoms with E-state index in [1.165, 1.54) is 38.4 Å². The Bertz CT molecular complexity index is 2330. The van der Waals surface area contributed by atoms with Crippen molar-refractivity contribution in [1.82, 2.24) is 9.91 Å². The number of hydrogen-bond donors (Lipinski definition) is 3. The molecular weight excluding hydrogens is 773 g/mol. The van der Waals surface area contributed by atoms with Gasteiger partial charge in [-0.3, -0.25) is 29.5 Å². The maximum Gasteiger partial charge on any atom is 0.260 e. The first kappa shape index (κ1) is 38.2. The van der Waals surface area contributed by atoms with Crippen molar-refractivity contribution in [2.75, 3.05) is 33.3 Å². The van der Waals surface area contributed by atoms with Crippen LogP contribution in [0.1, 0.15) is 35.4 Å². The van der Waals surface area contributed by atoms with Crippen LogP contribution in [0, 0.1) is 23.7 Å². The smallest absolute Gasteiger partial charge is 0.260 e. The van der Waals surface area contributed by atoms with Gasteiger partial charge in [-0.1, -0.05) is 59.1 Å². The molecule has 6 atom stereocenters. The van der Waals surface area contributed by atoms with Crippen LogP contribution in [0.3, 0.4) is 0 Å². The van der Waals surface area contributed by atoms with Gasteiger partial charge < -0.3 is 24.4 Å². The number of benzene rings is 4. The molecule has 4 amide bonds. The number of rotatable bonds is 10. The number of hydrazine groups is 1. The predicted octanol–water partition coefficient (Wildman–Crippen LogP) is 6.66. The number of imide groups is 2. The van der Waals surface area contributed by atoms with Gasteiger partial charge in [-0.25, -0.2) is 0 Å². The lowest BCUT2D eigenvalue weighted by atomic mass is 9.49. The Morgan fingerprint density at radius 1 is 0.807 bits per heavy atom. The molecule has 2 saturated heterocycles. The monoisotopic (exact) mass is 811 g/mol. The minimum absolute atomic E-state index is 0.0384. The van der Waals surface area contributed by atoms with Crippen LogP contribution >= 0.6 is 23.2 Å². The SMILES string of the molecule is COc1ccc(C23C(=O)N(Nc4ccc(Cl)cc4Cl)C(=O)C2CC2C(=CCC4C(=O)N(CCc5ccc(O)cc5)C(=O)C42)C3c2c(O)cc(OC)cc2OC)cc1. The molecule has 0 bridgehead atoms. The van der Waals surface area contributed by atoms with Crippen LogP contribution in [0.25, 0.3) is 0 Å². The van der Waals surface area contributed by atoms with E-state index in [4.69, 9.17) is 37.4 Å². The highest BCUT2D eigenvalue weighted by Crippen LogP contribution is 2.66. The second kappa shape index (κ2) is 14.7. The molecule has 4 aromatic rings. The highest BCUT2D eigenvalue weighted by molar-refractivity contribution is 6.36.